The van der Waals surface area contributed by atoms with E-state index in [9.17, 15) is 9.59 Å². The van der Waals surface area contributed by atoms with Gasteiger partial charge in [0.25, 0.3) is 5.91 Å². The molecule has 0 aliphatic heterocycles. The molecule has 0 unspecified atom stereocenters. The summed E-state index contributed by atoms with van der Waals surface area (Å²) in [5.41, 5.74) is 3.31. The topological polar surface area (TPSA) is 77.0 Å². The van der Waals surface area contributed by atoms with Crippen LogP contribution >= 0.6 is 23.2 Å². The zero-order chi connectivity index (χ0) is 23.9. The van der Waals surface area contributed by atoms with Gasteiger partial charge in [-0.2, -0.15) is 5.10 Å². The molecule has 0 atom stereocenters. The molecule has 0 saturated carbocycles. The summed E-state index contributed by atoms with van der Waals surface area (Å²) in [6.07, 6.45) is 1.43. The highest BCUT2D eigenvalue weighted by Crippen LogP contribution is 2.27. The minimum Gasteiger partial charge on any atom is -0.484 e. The van der Waals surface area contributed by atoms with E-state index in [4.69, 9.17) is 32.7 Å². The molecule has 34 heavy (non-hydrogen) atoms. The Labute approximate surface area is 205 Å². The maximum absolute atomic E-state index is 12.6. The third kappa shape index (κ3) is 5.92. The van der Waals surface area contributed by atoms with E-state index in [2.05, 4.69) is 10.5 Å². The molecule has 0 heterocycles. The fourth-order valence-corrected chi connectivity index (χ4v) is 3.46. The zero-order valence-electron chi connectivity index (χ0n) is 17.7. The number of fused-ring (bicyclic) bond motifs is 1. The normalized spacial score (nSPS) is 10.9. The van der Waals surface area contributed by atoms with Gasteiger partial charge in [0.1, 0.15) is 11.5 Å². The van der Waals surface area contributed by atoms with Gasteiger partial charge in [-0.25, -0.2) is 10.2 Å². The molecule has 170 valence electrons. The number of carbonyl (C=O) groups is 2. The van der Waals surface area contributed by atoms with Crippen LogP contribution in [-0.2, 0) is 4.79 Å². The van der Waals surface area contributed by atoms with E-state index in [-0.39, 0.29) is 6.61 Å². The summed E-state index contributed by atoms with van der Waals surface area (Å²) in [6, 6.07) is 24.2. The Morgan fingerprint density at radius 3 is 2.47 bits per heavy atom. The fourth-order valence-electron chi connectivity index (χ4n) is 3.15. The van der Waals surface area contributed by atoms with E-state index in [1.807, 2.05) is 30.3 Å². The predicted octanol–water partition coefficient (Wildman–Crippen LogP) is 5.89. The number of rotatable bonds is 7. The molecule has 4 aromatic rings. The standard InChI is InChI=1S/C26H18Cl2N2O4/c27-19-11-8-18(9-12-19)26(32)34-24-13-10-17-4-1-2-7-22(17)23(24)15-29-30-25(31)16-33-21-6-3-5-20(28)14-21/h1-15H,16H2,(H,30,31). The van der Waals surface area contributed by atoms with Crippen LogP contribution in [0.15, 0.2) is 90.0 Å². The lowest BCUT2D eigenvalue weighted by Gasteiger charge is -2.11. The van der Waals surface area contributed by atoms with Crippen molar-refractivity contribution in [2.75, 3.05) is 6.61 Å². The molecule has 6 nitrogen and oxygen atoms in total. The lowest BCUT2D eigenvalue weighted by Crippen LogP contribution is -2.24. The molecule has 4 rings (SSSR count). The highest BCUT2D eigenvalue weighted by atomic mass is 35.5. The molecule has 0 aliphatic carbocycles. The first-order valence-electron chi connectivity index (χ1n) is 10.2. The van der Waals surface area contributed by atoms with E-state index >= 15 is 0 Å². The second-order valence-electron chi connectivity index (χ2n) is 7.13. The van der Waals surface area contributed by atoms with Crippen molar-refractivity contribution in [3.8, 4) is 11.5 Å². The summed E-state index contributed by atoms with van der Waals surface area (Å²) >= 11 is 11.8. The van der Waals surface area contributed by atoms with Gasteiger partial charge in [-0.1, -0.05) is 59.6 Å². The van der Waals surface area contributed by atoms with Crippen molar-refractivity contribution in [3.05, 3.63) is 106 Å². The summed E-state index contributed by atoms with van der Waals surface area (Å²) in [7, 11) is 0. The molecule has 8 heteroatoms. The second kappa shape index (κ2) is 10.8. The Kier molecular flexibility index (Phi) is 7.42. The lowest BCUT2D eigenvalue weighted by molar-refractivity contribution is -0.123. The minimum absolute atomic E-state index is 0.244. The number of hydrazone groups is 1. The molecule has 1 amide bonds. The first kappa shape index (κ1) is 23.3. The van der Waals surface area contributed by atoms with Crippen LogP contribution in [0, 0.1) is 0 Å². The van der Waals surface area contributed by atoms with Gasteiger partial charge >= 0.3 is 5.97 Å². The van der Waals surface area contributed by atoms with Crippen molar-refractivity contribution in [2.45, 2.75) is 0 Å². The van der Waals surface area contributed by atoms with Crippen LogP contribution in [-0.4, -0.2) is 24.7 Å². The van der Waals surface area contributed by atoms with Gasteiger partial charge in [0, 0.05) is 15.6 Å². The van der Waals surface area contributed by atoms with E-state index in [1.165, 1.54) is 6.21 Å². The smallest absolute Gasteiger partial charge is 0.343 e. The molecule has 0 fully saturated rings. The third-order valence-electron chi connectivity index (χ3n) is 4.76. The van der Waals surface area contributed by atoms with E-state index in [0.717, 1.165) is 10.8 Å². The van der Waals surface area contributed by atoms with Gasteiger partial charge < -0.3 is 9.47 Å². The van der Waals surface area contributed by atoms with Crippen LogP contribution in [0.3, 0.4) is 0 Å². The number of hydrogen-bond donors (Lipinski definition) is 1. The zero-order valence-corrected chi connectivity index (χ0v) is 19.2. The first-order chi connectivity index (χ1) is 16.5. The van der Waals surface area contributed by atoms with E-state index < -0.39 is 11.9 Å². The monoisotopic (exact) mass is 492 g/mol. The molecule has 0 aliphatic rings. The van der Waals surface area contributed by atoms with E-state index in [0.29, 0.717) is 32.7 Å². The number of hydrogen-bond acceptors (Lipinski definition) is 5. The summed E-state index contributed by atoms with van der Waals surface area (Å²) < 4.78 is 11.0. The summed E-state index contributed by atoms with van der Waals surface area (Å²) in [5, 5.41) is 6.79. The van der Waals surface area contributed by atoms with Crippen molar-refractivity contribution >= 4 is 52.1 Å². The van der Waals surface area contributed by atoms with E-state index in [1.54, 1.807) is 54.6 Å². The van der Waals surface area contributed by atoms with Crippen molar-refractivity contribution in [1.29, 1.82) is 0 Å². The molecule has 0 saturated heterocycles. The number of nitrogens with one attached hydrogen (secondary N) is 1. The second-order valence-corrected chi connectivity index (χ2v) is 8.01. The Hall–Kier alpha value is -3.87. The van der Waals surface area contributed by atoms with Crippen LogP contribution in [0.5, 0.6) is 11.5 Å². The molecule has 0 bridgehead atoms. The molecule has 0 aromatic heterocycles. The number of esters is 1. The number of amides is 1. The Bertz CT molecular complexity index is 1370. The number of benzene rings is 4. The van der Waals surface area contributed by atoms with Gasteiger partial charge in [0.2, 0.25) is 0 Å². The quantitative estimate of drug-likeness (QED) is 0.151. The van der Waals surface area contributed by atoms with Crippen molar-refractivity contribution in [2.24, 2.45) is 5.10 Å². The van der Waals surface area contributed by atoms with Crippen molar-refractivity contribution in [3.63, 3.8) is 0 Å². The molecular formula is C26H18Cl2N2O4. The molecule has 0 spiro atoms. The summed E-state index contributed by atoms with van der Waals surface area (Å²) in [4.78, 5) is 24.8. The Morgan fingerprint density at radius 1 is 0.882 bits per heavy atom. The molecule has 1 N–H and O–H groups in total. The van der Waals surface area contributed by atoms with Gasteiger partial charge in [0.15, 0.2) is 6.61 Å². The Balaban J connectivity index is 1.50. The highest BCUT2D eigenvalue weighted by Gasteiger charge is 2.14. The van der Waals surface area contributed by atoms with Gasteiger partial charge in [-0.15, -0.1) is 0 Å². The number of carbonyl (C=O) groups excluding carboxylic acids is 2. The van der Waals surface area contributed by atoms with Crippen molar-refractivity contribution < 1.29 is 19.1 Å². The first-order valence-corrected chi connectivity index (χ1v) is 10.9. The summed E-state index contributed by atoms with van der Waals surface area (Å²) in [5.74, 6) is -0.236. The average molecular weight is 493 g/mol. The average Bonchev–Trinajstić information content (AvgIpc) is 2.84. The van der Waals surface area contributed by atoms with Crippen LogP contribution in [0.25, 0.3) is 10.8 Å². The van der Waals surface area contributed by atoms with Gasteiger partial charge in [-0.05, 0) is 59.3 Å². The van der Waals surface area contributed by atoms with Crippen LogP contribution in [0.4, 0.5) is 0 Å². The highest BCUT2D eigenvalue weighted by molar-refractivity contribution is 6.31. The maximum atomic E-state index is 12.6. The maximum Gasteiger partial charge on any atom is 0.343 e. The third-order valence-corrected chi connectivity index (χ3v) is 5.25. The number of nitrogens with zero attached hydrogens (tertiary/aromatic N) is 1. The van der Waals surface area contributed by atoms with Crippen LogP contribution in [0.1, 0.15) is 15.9 Å². The van der Waals surface area contributed by atoms with Gasteiger partial charge in [0.05, 0.1) is 11.8 Å². The molecule has 0 radical (unpaired) electrons. The molecular weight excluding hydrogens is 475 g/mol. The Morgan fingerprint density at radius 2 is 1.68 bits per heavy atom. The molecule has 4 aromatic carbocycles. The van der Waals surface area contributed by atoms with Crippen molar-refractivity contribution in [1.82, 2.24) is 5.43 Å². The number of ether oxygens (including phenoxy) is 2. The predicted molar refractivity (Wildman–Crippen MR) is 133 cm³/mol. The van der Waals surface area contributed by atoms with Crippen LogP contribution < -0.4 is 14.9 Å². The SMILES string of the molecule is O=C(COc1cccc(Cl)c1)NN=Cc1c(OC(=O)c2ccc(Cl)cc2)ccc2ccccc12. The summed E-state index contributed by atoms with van der Waals surface area (Å²) in [6.45, 7) is -0.244. The van der Waals surface area contributed by atoms with Crippen LogP contribution in [0.2, 0.25) is 10.0 Å². The largest absolute Gasteiger partial charge is 0.484 e. The minimum atomic E-state index is -0.541. The fraction of sp³-hybridized carbons (Fsp3) is 0.0385. The lowest BCUT2D eigenvalue weighted by atomic mass is 10.0. The number of halogens is 2. The van der Waals surface area contributed by atoms with Gasteiger partial charge in [-0.3, -0.25) is 4.79 Å².